The van der Waals surface area contributed by atoms with Crippen molar-refractivity contribution in [1.82, 2.24) is 19.9 Å². The van der Waals surface area contributed by atoms with Crippen LogP contribution in [0.3, 0.4) is 0 Å². The Morgan fingerprint density at radius 1 is 0.982 bits per heavy atom. The summed E-state index contributed by atoms with van der Waals surface area (Å²) in [5, 5.41) is 22.8. The Morgan fingerprint density at radius 2 is 1.79 bits per heavy atom. The maximum Gasteiger partial charge on any atom is 0.319 e. The van der Waals surface area contributed by atoms with Crippen LogP contribution in [0.2, 0.25) is 0 Å². The minimum atomic E-state index is -1.24. The van der Waals surface area contributed by atoms with Gasteiger partial charge in [0.2, 0.25) is 5.88 Å². The Bertz CT molecular complexity index is 2220. The Kier molecular flexibility index (Phi) is 9.47. The van der Waals surface area contributed by atoms with Crippen molar-refractivity contribution in [1.29, 1.82) is 0 Å². The molecule has 0 amide bonds. The fourth-order valence-corrected chi connectivity index (χ4v) is 10.5. The normalized spacial score (nSPS) is 26.9. The number of rotatable bonds is 7. The third-order valence-electron chi connectivity index (χ3n) is 13.2. The summed E-state index contributed by atoms with van der Waals surface area (Å²) in [5.74, 6) is 0.976. The van der Waals surface area contributed by atoms with Gasteiger partial charge in [-0.2, -0.15) is 9.97 Å². The molecule has 2 saturated carbocycles. The van der Waals surface area contributed by atoms with E-state index in [0.29, 0.717) is 42.6 Å². The van der Waals surface area contributed by atoms with Crippen LogP contribution in [0.15, 0.2) is 24.3 Å². The number of hydrogen-bond acceptors (Lipinski definition) is 11. The van der Waals surface area contributed by atoms with Gasteiger partial charge in [0.15, 0.2) is 5.82 Å². The lowest BCUT2D eigenvalue weighted by Crippen LogP contribution is -2.57. The van der Waals surface area contributed by atoms with Crippen LogP contribution in [0.5, 0.6) is 17.6 Å². The Morgan fingerprint density at radius 3 is 2.54 bits per heavy atom. The first-order valence-electron chi connectivity index (χ1n) is 19.9. The summed E-state index contributed by atoms with van der Waals surface area (Å²) < 4.78 is 56.3. The second-order valence-corrected chi connectivity index (χ2v) is 17.1. The molecule has 296 valence electrons. The first-order valence-corrected chi connectivity index (χ1v) is 19.9. The average Bonchev–Trinajstić information content (AvgIpc) is 3.53. The molecule has 1 spiro atoms. The Labute approximate surface area is 325 Å². The van der Waals surface area contributed by atoms with Gasteiger partial charge < -0.3 is 34.1 Å². The zero-order valence-electron chi connectivity index (χ0n) is 32.1. The summed E-state index contributed by atoms with van der Waals surface area (Å²) >= 11 is 0. The lowest BCUT2D eigenvalue weighted by molar-refractivity contribution is -0.143. The number of likely N-dealkylation sites (tertiary alicyclic amines) is 1. The van der Waals surface area contributed by atoms with Gasteiger partial charge in [-0.05, 0) is 88.4 Å². The first-order chi connectivity index (χ1) is 27.0. The van der Waals surface area contributed by atoms with E-state index in [1.54, 1.807) is 6.92 Å². The lowest BCUT2D eigenvalue weighted by Gasteiger charge is -2.53. The number of pyridine rings is 1. The predicted octanol–water partition coefficient (Wildman–Crippen LogP) is 6.38. The van der Waals surface area contributed by atoms with E-state index in [1.807, 2.05) is 4.90 Å². The van der Waals surface area contributed by atoms with Crippen molar-refractivity contribution < 1.29 is 37.9 Å². The van der Waals surface area contributed by atoms with Crippen LogP contribution in [0, 0.1) is 34.8 Å². The summed E-state index contributed by atoms with van der Waals surface area (Å²) in [5.41, 5.74) is -1.33. The molecule has 2 aliphatic carbocycles. The second-order valence-electron chi connectivity index (χ2n) is 17.1. The highest BCUT2D eigenvalue weighted by Crippen LogP contribution is 2.52. The van der Waals surface area contributed by atoms with Gasteiger partial charge in [0.1, 0.15) is 39.6 Å². The monoisotopic (exact) mass is 769 g/mol. The van der Waals surface area contributed by atoms with E-state index in [2.05, 4.69) is 15.8 Å². The first kappa shape index (κ1) is 37.2. The zero-order chi connectivity index (χ0) is 38.8. The number of terminal acetylenes is 1. The molecular weight excluding hydrogens is 720 g/mol. The highest BCUT2D eigenvalue weighted by molar-refractivity contribution is 6.04. The van der Waals surface area contributed by atoms with Crippen LogP contribution >= 0.6 is 0 Å². The van der Waals surface area contributed by atoms with E-state index in [4.69, 9.17) is 35.3 Å². The molecule has 5 aliphatic rings. The molecule has 5 fully saturated rings. The van der Waals surface area contributed by atoms with Crippen LogP contribution in [0.25, 0.3) is 32.9 Å². The third kappa shape index (κ3) is 6.39. The van der Waals surface area contributed by atoms with Crippen molar-refractivity contribution in [2.45, 2.75) is 82.4 Å². The van der Waals surface area contributed by atoms with Gasteiger partial charge in [0.05, 0.1) is 52.3 Å². The van der Waals surface area contributed by atoms with E-state index in [-0.39, 0.29) is 75.1 Å². The molecule has 0 bridgehead atoms. The SMILES string of the molecule is C#Cc1c(F)ccc2cc(O)cc(-c3nc(OC)c4c(N5CCOCC(C)(O)C5)nc(OCC56CCCC5N(C5CCC7(CC5)COC7)CCC6)nc4c3F)c12. The molecule has 3 aliphatic heterocycles. The van der Waals surface area contributed by atoms with Crippen LogP contribution in [-0.2, 0) is 9.47 Å². The highest BCUT2D eigenvalue weighted by Gasteiger charge is 2.52. The number of phenols is 1. The molecule has 9 rings (SSSR count). The van der Waals surface area contributed by atoms with Gasteiger partial charge in [0, 0.05) is 40.4 Å². The minimum absolute atomic E-state index is 0.00184. The van der Waals surface area contributed by atoms with Crippen molar-refractivity contribution in [3.05, 3.63) is 41.5 Å². The van der Waals surface area contributed by atoms with E-state index < -0.39 is 17.2 Å². The number of piperidine rings is 1. The van der Waals surface area contributed by atoms with E-state index in [1.165, 1.54) is 57.1 Å². The summed E-state index contributed by atoms with van der Waals surface area (Å²) in [6.07, 6.45) is 16.0. The minimum Gasteiger partial charge on any atom is -0.508 e. The lowest BCUT2D eigenvalue weighted by atomic mass is 9.69. The quantitative estimate of drug-likeness (QED) is 0.204. The number of ether oxygens (including phenoxy) is 4. The highest BCUT2D eigenvalue weighted by atomic mass is 19.1. The topological polar surface area (TPSA) is 123 Å². The van der Waals surface area contributed by atoms with Crippen molar-refractivity contribution in [2.24, 2.45) is 10.8 Å². The number of aromatic hydroxyl groups is 1. The third-order valence-corrected chi connectivity index (χ3v) is 13.2. The second kappa shape index (κ2) is 14.2. The number of hydrogen-bond donors (Lipinski definition) is 2. The number of fused-ring (bicyclic) bond motifs is 3. The Hall–Kier alpha value is -4.35. The zero-order valence-corrected chi connectivity index (χ0v) is 32.1. The number of phenolic OH excluding ortho intramolecular Hbond substituents is 1. The van der Waals surface area contributed by atoms with Gasteiger partial charge in [-0.3, -0.25) is 4.90 Å². The molecule has 2 N–H and O–H groups in total. The van der Waals surface area contributed by atoms with Crippen LogP contribution in [0.1, 0.15) is 70.3 Å². The van der Waals surface area contributed by atoms with Gasteiger partial charge >= 0.3 is 6.01 Å². The number of nitrogens with zero attached hydrogens (tertiary/aromatic N) is 5. The van der Waals surface area contributed by atoms with Crippen molar-refractivity contribution in [3.63, 3.8) is 0 Å². The average molecular weight is 770 g/mol. The smallest absolute Gasteiger partial charge is 0.319 e. The van der Waals surface area contributed by atoms with Crippen molar-refractivity contribution >= 4 is 27.5 Å². The fourth-order valence-electron chi connectivity index (χ4n) is 10.5. The molecule has 5 heterocycles. The van der Waals surface area contributed by atoms with E-state index in [9.17, 15) is 10.2 Å². The molecular formula is C43H49F2N5O6. The number of β-amino-alcohol motifs (C(OH)–C–C–N with tert-alkyl or cyclic N) is 1. The van der Waals surface area contributed by atoms with Gasteiger partial charge in [-0.1, -0.05) is 18.4 Å². The number of benzene rings is 2. The molecule has 3 atom stereocenters. The van der Waals surface area contributed by atoms with Crippen molar-refractivity contribution in [2.75, 3.05) is 64.7 Å². The van der Waals surface area contributed by atoms with E-state index in [0.717, 1.165) is 51.9 Å². The van der Waals surface area contributed by atoms with Crippen LogP contribution in [-0.4, -0.2) is 108 Å². The number of methoxy groups -OCH3 is 1. The summed E-state index contributed by atoms with van der Waals surface area (Å²) in [6.45, 7) is 5.81. The molecule has 3 unspecified atom stereocenters. The molecule has 4 aromatic rings. The Balaban J connectivity index is 1.13. The van der Waals surface area contributed by atoms with Gasteiger partial charge in [-0.25, -0.2) is 13.8 Å². The predicted molar refractivity (Wildman–Crippen MR) is 207 cm³/mol. The molecule has 0 radical (unpaired) electrons. The van der Waals surface area contributed by atoms with Crippen molar-refractivity contribution in [3.8, 4) is 41.2 Å². The van der Waals surface area contributed by atoms with E-state index >= 15 is 8.78 Å². The molecule has 11 nitrogen and oxygen atoms in total. The summed E-state index contributed by atoms with van der Waals surface area (Å²) in [4.78, 5) is 18.9. The van der Waals surface area contributed by atoms with Crippen LogP contribution in [0.4, 0.5) is 14.6 Å². The number of halogens is 2. The fraction of sp³-hybridized carbons (Fsp3) is 0.558. The number of anilines is 1. The maximum absolute atomic E-state index is 17.4. The summed E-state index contributed by atoms with van der Waals surface area (Å²) in [6, 6.07) is 6.35. The van der Waals surface area contributed by atoms with Gasteiger partial charge in [-0.15, -0.1) is 6.42 Å². The molecule has 3 saturated heterocycles. The maximum atomic E-state index is 17.4. The van der Waals surface area contributed by atoms with Gasteiger partial charge in [0.25, 0.3) is 0 Å². The largest absolute Gasteiger partial charge is 0.508 e. The molecule has 56 heavy (non-hydrogen) atoms. The van der Waals surface area contributed by atoms with Crippen LogP contribution < -0.4 is 14.4 Å². The summed E-state index contributed by atoms with van der Waals surface area (Å²) in [7, 11) is 1.41. The number of aliphatic hydroxyl groups is 1. The number of aromatic nitrogens is 3. The standard InChI is InChI=1S/C43H49F2N5O6/c1-4-29-31(44)9-8-26-19-28(51)20-30(33(26)29)36-35(45)37-34(39(46-36)53-3)38(49-17-18-54-22-41(2,52)21-49)48-40(47-37)56-25-43-12-5-7-32(43)50(16-6-13-43)27-10-14-42(15-11-27)23-55-24-42/h1,8-9,19-20,27,32,51-52H,5-7,10-18,21-25H2,2-3H3. The molecule has 13 heteroatoms. The molecule has 2 aromatic carbocycles. The molecule has 2 aromatic heterocycles.